The zero-order chi connectivity index (χ0) is 14.5. The van der Waals surface area contributed by atoms with Gasteiger partial charge < -0.3 is 15.0 Å². The van der Waals surface area contributed by atoms with Crippen molar-refractivity contribution < 1.29 is 9.90 Å². The summed E-state index contributed by atoms with van der Waals surface area (Å²) in [6.45, 7) is 5.17. The van der Waals surface area contributed by atoms with Crippen LogP contribution in [0.2, 0.25) is 0 Å². The first-order valence-electron chi connectivity index (χ1n) is 7.67. The van der Waals surface area contributed by atoms with E-state index in [1.165, 1.54) is 12.8 Å². The fourth-order valence-electron chi connectivity index (χ4n) is 2.74. The Morgan fingerprint density at radius 2 is 2.25 bits per heavy atom. The molecule has 4 nitrogen and oxygen atoms in total. The van der Waals surface area contributed by atoms with Crippen molar-refractivity contribution in [1.29, 1.82) is 0 Å². The number of carbonyl (C=O) groups is 1. The summed E-state index contributed by atoms with van der Waals surface area (Å²) in [5.74, 6) is 0.945. The van der Waals surface area contributed by atoms with Gasteiger partial charge in [-0.3, -0.25) is 4.79 Å². The van der Waals surface area contributed by atoms with Crippen molar-refractivity contribution in [2.45, 2.75) is 45.6 Å². The van der Waals surface area contributed by atoms with Gasteiger partial charge >= 0.3 is 0 Å². The van der Waals surface area contributed by atoms with E-state index in [1.807, 2.05) is 18.3 Å². The largest absolute Gasteiger partial charge is 0.396 e. The van der Waals surface area contributed by atoms with Crippen molar-refractivity contribution in [3.05, 3.63) is 24.0 Å². The zero-order valence-electron chi connectivity index (χ0n) is 12.5. The summed E-state index contributed by atoms with van der Waals surface area (Å²) >= 11 is 0. The molecular weight excluding hydrogens is 252 g/mol. The number of hydrogen-bond donors (Lipinski definition) is 2. The highest BCUT2D eigenvalue weighted by Crippen LogP contribution is 2.35. The third-order valence-corrected chi connectivity index (χ3v) is 3.85. The molecule has 2 N–H and O–H groups in total. The number of aliphatic hydroxyl groups is 1. The SMILES string of the molecule is CC(C)CC(CCO)CNC(=O)c1cccn1C1CC1. The van der Waals surface area contributed by atoms with Crippen LogP contribution in [-0.2, 0) is 0 Å². The standard InChI is InChI=1S/C16H26N2O2/c1-12(2)10-13(7-9-19)11-17-16(20)15-4-3-8-18(15)14-5-6-14/h3-4,8,12-14,19H,5-7,9-11H2,1-2H3,(H,17,20). The Morgan fingerprint density at radius 3 is 2.85 bits per heavy atom. The molecule has 4 heteroatoms. The van der Waals surface area contributed by atoms with Crippen LogP contribution in [0.15, 0.2) is 18.3 Å². The second kappa shape index (κ2) is 6.93. The first-order chi connectivity index (χ1) is 9.61. The minimum absolute atomic E-state index is 0.00796. The Hall–Kier alpha value is -1.29. The number of hydrogen-bond acceptors (Lipinski definition) is 2. The summed E-state index contributed by atoms with van der Waals surface area (Å²) in [6.07, 6.45) is 6.13. The van der Waals surface area contributed by atoms with Gasteiger partial charge in [-0.25, -0.2) is 0 Å². The van der Waals surface area contributed by atoms with Gasteiger partial charge in [0.05, 0.1) is 0 Å². The molecule has 0 spiro atoms. The van der Waals surface area contributed by atoms with Crippen LogP contribution in [-0.4, -0.2) is 28.7 Å². The summed E-state index contributed by atoms with van der Waals surface area (Å²) in [6, 6.07) is 4.35. The van der Waals surface area contributed by atoms with E-state index in [-0.39, 0.29) is 12.5 Å². The topological polar surface area (TPSA) is 54.3 Å². The first-order valence-corrected chi connectivity index (χ1v) is 7.67. The Balaban J connectivity index is 1.88. The maximum Gasteiger partial charge on any atom is 0.267 e. The van der Waals surface area contributed by atoms with Crippen molar-refractivity contribution >= 4 is 5.91 Å². The third-order valence-electron chi connectivity index (χ3n) is 3.85. The van der Waals surface area contributed by atoms with Crippen molar-refractivity contribution in [2.75, 3.05) is 13.2 Å². The fourth-order valence-corrected chi connectivity index (χ4v) is 2.74. The van der Waals surface area contributed by atoms with Crippen molar-refractivity contribution in [1.82, 2.24) is 9.88 Å². The van der Waals surface area contributed by atoms with Gasteiger partial charge in [0, 0.05) is 25.4 Å². The number of amides is 1. The van der Waals surface area contributed by atoms with Gasteiger partial charge in [-0.15, -0.1) is 0 Å². The second-order valence-corrected chi connectivity index (χ2v) is 6.25. The van der Waals surface area contributed by atoms with Gasteiger partial charge in [0.25, 0.3) is 5.91 Å². The molecule has 1 aromatic heterocycles. The summed E-state index contributed by atoms with van der Waals surface area (Å²) in [5.41, 5.74) is 0.764. The van der Waals surface area contributed by atoms with Crippen LogP contribution in [0, 0.1) is 11.8 Å². The predicted molar refractivity (Wildman–Crippen MR) is 79.7 cm³/mol. The summed E-state index contributed by atoms with van der Waals surface area (Å²) in [7, 11) is 0. The van der Waals surface area contributed by atoms with Crippen LogP contribution in [0.3, 0.4) is 0 Å². The van der Waals surface area contributed by atoms with Crippen molar-refractivity contribution in [3.8, 4) is 0 Å². The smallest absolute Gasteiger partial charge is 0.267 e. The molecule has 1 unspecified atom stereocenters. The summed E-state index contributed by atoms with van der Waals surface area (Å²) in [5, 5.41) is 12.1. The number of nitrogens with zero attached hydrogens (tertiary/aromatic N) is 1. The van der Waals surface area contributed by atoms with E-state index >= 15 is 0 Å². The van der Waals surface area contributed by atoms with Crippen LogP contribution in [0.1, 0.15) is 56.1 Å². The van der Waals surface area contributed by atoms with Crippen LogP contribution in [0.5, 0.6) is 0 Å². The van der Waals surface area contributed by atoms with Crippen molar-refractivity contribution in [2.24, 2.45) is 11.8 Å². The number of aromatic nitrogens is 1. The van der Waals surface area contributed by atoms with E-state index in [1.54, 1.807) is 0 Å². The van der Waals surface area contributed by atoms with E-state index in [0.29, 0.717) is 24.4 Å². The molecule has 0 bridgehead atoms. The van der Waals surface area contributed by atoms with E-state index in [9.17, 15) is 4.79 Å². The molecule has 2 rings (SSSR count). The Morgan fingerprint density at radius 1 is 1.50 bits per heavy atom. The molecular formula is C16H26N2O2. The number of nitrogens with one attached hydrogen (secondary N) is 1. The van der Waals surface area contributed by atoms with E-state index in [2.05, 4.69) is 23.7 Å². The van der Waals surface area contributed by atoms with Crippen LogP contribution < -0.4 is 5.32 Å². The predicted octanol–water partition coefficient (Wildman–Crippen LogP) is 2.60. The molecule has 1 fully saturated rings. The number of rotatable bonds is 8. The molecule has 1 atom stereocenters. The van der Waals surface area contributed by atoms with Crippen LogP contribution in [0.25, 0.3) is 0 Å². The number of carbonyl (C=O) groups excluding carboxylic acids is 1. The van der Waals surface area contributed by atoms with Crippen LogP contribution >= 0.6 is 0 Å². The fraction of sp³-hybridized carbons (Fsp3) is 0.688. The number of aliphatic hydroxyl groups excluding tert-OH is 1. The van der Waals surface area contributed by atoms with E-state index < -0.39 is 0 Å². The average molecular weight is 278 g/mol. The third kappa shape index (κ3) is 4.10. The van der Waals surface area contributed by atoms with Crippen LogP contribution in [0.4, 0.5) is 0 Å². The lowest BCUT2D eigenvalue weighted by Crippen LogP contribution is -2.31. The molecule has 1 aromatic rings. The minimum Gasteiger partial charge on any atom is -0.396 e. The molecule has 1 heterocycles. The molecule has 0 saturated heterocycles. The minimum atomic E-state index is 0.00796. The zero-order valence-corrected chi connectivity index (χ0v) is 12.5. The van der Waals surface area contributed by atoms with E-state index in [4.69, 9.17) is 5.11 Å². The van der Waals surface area contributed by atoms with Gasteiger partial charge in [0.1, 0.15) is 5.69 Å². The normalized spacial score (nSPS) is 16.4. The first kappa shape index (κ1) is 15.1. The quantitative estimate of drug-likeness (QED) is 0.768. The Labute approximate surface area is 121 Å². The van der Waals surface area contributed by atoms with Gasteiger partial charge in [-0.05, 0) is 49.7 Å². The van der Waals surface area contributed by atoms with Gasteiger partial charge in [-0.2, -0.15) is 0 Å². The van der Waals surface area contributed by atoms with Crippen molar-refractivity contribution in [3.63, 3.8) is 0 Å². The Bertz CT molecular complexity index is 435. The molecule has 20 heavy (non-hydrogen) atoms. The second-order valence-electron chi connectivity index (χ2n) is 6.25. The monoisotopic (exact) mass is 278 g/mol. The lowest BCUT2D eigenvalue weighted by Gasteiger charge is -2.19. The lowest BCUT2D eigenvalue weighted by atomic mass is 9.94. The highest BCUT2D eigenvalue weighted by atomic mass is 16.3. The maximum atomic E-state index is 12.3. The van der Waals surface area contributed by atoms with E-state index in [0.717, 1.165) is 18.5 Å². The average Bonchev–Trinajstić information content (AvgIpc) is 3.12. The molecule has 112 valence electrons. The molecule has 1 saturated carbocycles. The molecule has 0 aromatic carbocycles. The van der Waals surface area contributed by atoms with Gasteiger partial charge in [0.15, 0.2) is 0 Å². The molecule has 1 amide bonds. The summed E-state index contributed by atoms with van der Waals surface area (Å²) in [4.78, 5) is 12.3. The highest BCUT2D eigenvalue weighted by Gasteiger charge is 2.26. The van der Waals surface area contributed by atoms with Gasteiger partial charge in [-0.1, -0.05) is 13.8 Å². The van der Waals surface area contributed by atoms with Gasteiger partial charge in [0.2, 0.25) is 0 Å². The summed E-state index contributed by atoms with van der Waals surface area (Å²) < 4.78 is 2.08. The molecule has 1 aliphatic rings. The highest BCUT2D eigenvalue weighted by molar-refractivity contribution is 5.92. The lowest BCUT2D eigenvalue weighted by molar-refractivity contribution is 0.0932. The maximum absolute atomic E-state index is 12.3. The Kier molecular flexibility index (Phi) is 5.24. The molecule has 1 aliphatic carbocycles. The molecule has 0 aliphatic heterocycles. The molecule has 0 radical (unpaired) electrons.